The van der Waals surface area contributed by atoms with Crippen LogP contribution in [0.2, 0.25) is 24.2 Å². The Morgan fingerprint density at radius 2 is 1.85 bits per heavy atom. The maximum atomic E-state index is 12.8. The van der Waals surface area contributed by atoms with Crippen LogP contribution in [0.25, 0.3) is 0 Å². The second-order valence-electron chi connectivity index (χ2n) is 12.5. The van der Waals surface area contributed by atoms with Gasteiger partial charge in [0.25, 0.3) is 5.56 Å². The van der Waals surface area contributed by atoms with Gasteiger partial charge in [0.05, 0.1) is 32.2 Å². The van der Waals surface area contributed by atoms with Gasteiger partial charge in [0.1, 0.15) is 11.9 Å². The molecule has 1 aromatic rings. The number of hydrogen-bond acceptors (Lipinski definition) is 5. The van der Waals surface area contributed by atoms with E-state index in [2.05, 4.69) is 83.2 Å². The molecule has 1 N–H and O–H groups in total. The molecule has 1 aromatic heterocycles. The molecule has 0 aromatic carbocycles. The summed E-state index contributed by atoms with van der Waals surface area (Å²) in [5, 5.41) is 0.232. The lowest BCUT2D eigenvalue weighted by atomic mass is 10.1. The van der Waals surface area contributed by atoms with E-state index in [4.69, 9.17) is 13.9 Å². The number of rotatable bonds is 4. The zero-order chi connectivity index (χ0) is 25.0. The number of aromatic amines is 1. The average molecular weight is 494 g/mol. The Labute approximate surface area is 202 Å². The van der Waals surface area contributed by atoms with Crippen LogP contribution in [-0.2, 0) is 15.3 Å². The first-order valence-corrected chi connectivity index (χ1v) is 17.4. The Bertz CT molecular complexity index is 1030. The lowest BCUT2D eigenvalue weighted by Crippen LogP contribution is -2.47. The van der Waals surface area contributed by atoms with Crippen LogP contribution in [0.5, 0.6) is 0 Å². The lowest BCUT2D eigenvalue weighted by Gasteiger charge is -2.48. The Kier molecular flexibility index (Phi) is 7.01. The van der Waals surface area contributed by atoms with Gasteiger partial charge in [-0.1, -0.05) is 54.6 Å². The van der Waals surface area contributed by atoms with Crippen molar-refractivity contribution in [3.63, 3.8) is 0 Å². The SMILES string of the molecule is Cc1nc2c(c(=O)[nH]1)N=C1C=C(CO[C@@H](C[Si](C)(C)C(C)(C)C)C1OS(C)(C)C(C)(C)C)C2. The van der Waals surface area contributed by atoms with Crippen molar-refractivity contribution in [2.24, 2.45) is 4.99 Å². The number of hydrogen-bond donors (Lipinski definition) is 1. The summed E-state index contributed by atoms with van der Waals surface area (Å²) >= 11 is 0. The third-order valence-electron chi connectivity index (χ3n) is 7.75. The number of nitrogens with zero attached hydrogens (tertiary/aromatic N) is 2. The summed E-state index contributed by atoms with van der Waals surface area (Å²) in [6, 6.07) is 0.969. The molecule has 0 aliphatic carbocycles. The van der Waals surface area contributed by atoms with Gasteiger partial charge in [-0.15, -0.1) is 10.3 Å². The highest BCUT2D eigenvalue weighted by Crippen LogP contribution is 2.56. The van der Waals surface area contributed by atoms with Crippen LogP contribution in [0.4, 0.5) is 5.69 Å². The van der Waals surface area contributed by atoms with Crippen molar-refractivity contribution in [2.75, 3.05) is 19.1 Å². The van der Waals surface area contributed by atoms with E-state index in [0.717, 1.165) is 17.3 Å². The highest BCUT2D eigenvalue weighted by atomic mass is 32.3. The van der Waals surface area contributed by atoms with Crippen LogP contribution in [-0.4, -0.2) is 59.8 Å². The van der Waals surface area contributed by atoms with Crippen LogP contribution in [0.1, 0.15) is 53.1 Å². The standard InChI is InChI=1S/C25H43N3O3SSi/c1-16-26-18-12-17-13-19(28-21(18)23(29)27-16)22(31-32(8,9)24(2,3)4)20(30-14-17)15-33(10,11)25(5,6)7/h13,20,22H,12,14-15H2,1-11H3,(H,26,27,29)/t20-,22?/m0/s1. The van der Waals surface area contributed by atoms with E-state index >= 15 is 0 Å². The predicted octanol–water partition coefficient (Wildman–Crippen LogP) is 5.70. The Morgan fingerprint density at radius 1 is 1.21 bits per heavy atom. The first kappa shape index (κ1) is 26.4. The second-order valence-corrected chi connectivity index (χ2v) is 22.1. The zero-order valence-corrected chi connectivity index (χ0v) is 24.2. The average Bonchev–Trinajstić information content (AvgIpc) is 2.89. The predicted molar refractivity (Wildman–Crippen MR) is 144 cm³/mol. The van der Waals surface area contributed by atoms with Crippen molar-refractivity contribution < 1.29 is 8.92 Å². The van der Waals surface area contributed by atoms with E-state index in [-0.39, 0.29) is 27.6 Å². The minimum Gasteiger partial charge on any atom is -0.371 e. The summed E-state index contributed by atoms with van der Waals surface area (Å²) in [5.74, 6) is 0.608. The number of aryl methyl sites for hydroxylation is 1. The van der Waals surface area contributed by atoms with E-state index in [0.29, 0.717) is 30.2 Å². The molecule has 33 heavy (non-hydrogen) atoms. The number of aliphatic imine (C=N–C) groups is 1. The molecule has 2 bridgehead atoms. The molecule has 0 saturated carbocycles. The Morgan fingerprint density at radius 3 is 2.42 bits per heavy atom. The zero-order valence-electron chi connectivity index (χ0n) is 22.4. The molecule has 0 saturated heterocycles. The highest BCUT2D eigenvalue weighted by Gasteiger charge is 2.44. The molecular weight excluding hydrogens is 450 g/mol. The molecule has 1 unspecified atom stereocenters. The van der Waals surface area contributed by atoms with Crippen molar-refractivity contribution >= 4 is 29.8 Å². The third kappa shape index (κ3) is 5.55. The Hall–Kier alpha value is -1.22. The Balaban J connectivity index is 2.14. The number of H-pyrrole nitrogens is 1. The first-order chi connectivity index (χ1) is 14.9. The normalized spacial score (nSPS) is 22.6. The van der Waals surface area contributed by atoms with Crippen molar-refractivity contribution in [3.8, 4) is 0 Å². The highest BCUT2D eigenvalue weighted by molar-refractivity contribution is 8.29. The molecule has 0 fully saturated rings. The first-order valence-electron chi connectivity index (χ1n) is 11.8. The van der Waals surface area contributed by atoms with Gasteiger partial charge in [0, 0.05) is 11.2 Å². The maximum Gasteiger partial charge on any atom is 0.277 e. The number of ether oxygens (including phenoxy) is 1. The van der Waals surface area contributed by atoms with Crippen molar-refractivity contribution in [1.82, 2.24) is 9.97 Å². The summed E-state index contributed by atoms with van der Waals surface area (Å²) in [4.78, 5) is 25.1. The molecule has 3 rings (SSSR count). The van der Waals surface area contributed by atoms with E-state index in [9.17, 15) is 4.79 Å². The minimum absolute atomic E-state index is 0.00723. The summed E-state index contributed by atoms with van der Waals surface area (Å²) in [7, 11) is -3.13. The van der Waals surface area contributed by atoms with Crippen LogP contribution < -0.4 is 5.56 Å². The molecule has 0 amide bonds. The van der Waals surface area contributed by atoms with Gasteiger partial charge < -0.3 is 13.9 Å². The monoisotopic (exact) mass is 493 g/mol. The molecule has 8 heteroatoms. The van der Waals surface area contributed by atoms with Gasteiger partial charge in [-0.3, -0.25) is 4.79 Å². The number of aromatic nitrogens is 2. The van der Waals surface area contributed by atoms with Crippen LogP contribution in [0.3, 0.4) is 0 Å². The maximum absolute atomic E-state index is 12.8. The fourth-order valence-electron chi connectivity index (χ4n) is 3.73. The van der Waals surface area contributed by atoms with Crippen molar-refractivity contribution in [3.05, 3.63) is 33.5 Å². The topological polar surface area (TPSA) is 76.6 Å². The van der Waals surface area contributed by atoms with Gasteiger partial charge in [-0.25, -0.2) is 9.98 Å². The van der Waals surface area contributed by atoms with Gasteiger partial charge >= 0.3 is 0 Å². The second kappa shape index (κ2) is 8.77. The smallest absolute Gasteiger partial charge is 0.277 e. The molecule has 0 radical (unpaired) electrons. The fourth-order valence-corrected chi connectivity index (χ4v) is 6.71. The summed E-state index contributed by atoms with van der Waals surface area (Å²) in [6.07, 6.45) is 6.68. The van der Waals surface area contributed by atoms with Crippen molar-refractivity contribution in [2.45, 2.75) is 96.0 Å². The van der Waals surface area contributed by atoms with Crippen LogP contribution in [0.15, 0.2) is 21.4 Å². The number of fused-ring (bicyclic) bond motifs is 2. The number of nitrogens with one attached hydrogen (secondary N) is 1. The van der Waals surface area contributed by atoms with Gasteiger partial charge in [-0.2, -0.15) is 0 Å². The molecule has 2 aliphatic heterocycles. The fraction of sp³-hybridized carbons (Fsp3) is 0.720. The van der Waals surface area contributed by atoms with Gasteiger partial charge in [-0.05, 0) is 42.2 Å². The molecule has 0 spiro atoms. The van der Waals surface area contributed by atoms with E-state index in [1.165, 1.54) is 0 Å². The van der Waals surface area contributed by atoms with Crippen LogP contribution >= 0.6 is 10.3 Å². The molecule has 186 valence electrons. The van der Waals surface area contributed by atoms with Crippen LogP contribution in [0, 0.1) is 6.92 Å². The molecule has 2 aliphatic rings. The lowest BCUT2D eigenvalue weighted by molar-refractivity contribution is 0.0286. The largest absolute Gasteiger partial charge is 0.371 e. The van der Waals surface area contributed by atoms with E-state index in [1.54, 1.807) is 6.92 Å². The molecule has 3 heterocycles. The molecule has 2 atom stereocenters. The summed E-state index contributed by atoms with van der Waals surface area (Å²) < 4.78 is 13.6. The molecule has 6 nitrogen and oxygen atoms in total. The minimum atomic E-state index is -1.68. The third-order valence-corrected chi connectivity index (χ3v) is 16.9. The molecular formula is C25H43N3O3SSi. The van der Waals surface area contributed by atoms with Crippen molar-refractivity contribution in [1.29, 1.82) is 0 Å². The van der Waals surface area contributed by atoms with Gasteiger partial charge in [0.2, 0.25) is 0 Å². The van der Waals surface area contributed by atoms with E-state index in [1.807, 2.05) is 0 Å². The quantitative estimate of drug-likeness (QED) is 0.546. The van der Waals surface area contributed by atoms with Gasteiger partial charge in [0.15, 0.2) is 5.69 Å². The van der Waals surface area contributed by atoms with E-state index < -0.39 is 18.4 Å². The summed E-state index contributed by atoms with van der Waals surface area (Å²) in [5.41, 5.74) is 2.83. The summed E-state index contributed by atoms with van der Waals surface area (Å²) in [6.45, 7) is 20.9.